The predicted octanol–water partition coefficient (Wildman–Crippen LogP) is 2.03. The molecule has 0 fully saturated rings. The first-order chi connectivity index (χ1) is 8.93. The van der Waals surface area contributed by atoms with E-state index in [1.54, 1.807) is 11.8 Å². The van der Waals surface area contributed by atoms with Gasteiger partial charge in [-0.15, -0.1) is 11.8 Å². The van der Waals surface area contributed by atoms with Gasteiger partial charge in [0.15, 0.2) is 0 Å². The van der Waals surface area contributed by atoms with Crippen LogP contribution in [0.2, 0.25) is 0 Å². The number of nitrogens with two attached hydrogens (primary N) is 1. The van der Waals surface area contributed by atoms with Gasteiger partial charge in [0.25, 0.3) is 0 Å². The third kappa shape index (κ3) is 7.10. The number of thioether (sulfide) groups is 2. The van der Waals surface area contributed by atoms with Crippen molar-refractivity contribution < 1.29 is 8.42 Å². The molecule has 0 aliphatic rings. The lowest BCUT2D eigenvalue weighted by molar-refractivity contribution is 0.583. The van der Waals surface area contributed by atoms with Crippen molar-refractivity contribution in [3.8, 4) is 0 Å². The van der Waals surface area contributed by atoms with Gasteiger partial charge in [0.2, 0.25) is 10.0 Å². The Labute approximate surface area is 124 Å². The summed E-state index contributed by atoms with van der Waals surface area (Å²) >= 11 is 3.14. The van der Waals surface area contributed by atoms with E-state index < -0.39 is 10.0 Å². The first-order valence-corrected chi connectivity index (χ1v) is 9.84. The minimum atomic E-state index is -3.18. The number of hydrogen-bond donors (Lipinski definition) is 2. The molecule has 7 heteroatoms. The predicted molar refractivity (Wildman–Crippen MR) is 86.3 cm³/mol. The number of rotatable bonds is 8. The second kappa shape index (κ2) is 8.04. The van der Waals surface area contributed by atoms with Crippen LogP contribution in [0.4, 0.5) is 5.69 Å². The first kappa shape index (κ1) is 16.7. The molecule has 0 aliphatic carbocycles. The number of nitrogens with one attached hydrogen (secondary N) is 1. The SMILES string of the molecule is CSC(C)CNS(=O)(=O)CCSc1cccc(N)c1. The molecule has 0 radical (unpaired) electrons. The van der Waals surface area contributed by atoms with Crippen LogP contribution in [-0.2, 0) is 10.0 Å². The number of hydrogen-bond acceptors (Lipinski definition) is 5. The Kier molecular flexibility index (Phi) is 7.06. The van der Waals surface area contributed by atoms with E-state index in [-0.39, 0.29) is 11.0 Å². The van der Waals surface area contributed by atoms with Gasteiger partial charge in [0, 0.05) is 28.1 Å². The Balaban J connectivity index is 2.35. The van der Waals surface area contributed by atoms with E-state index in [1.807, 2.05) is 37.4 Å². The fraction of sp³-hybridized carbons (Fsp3) is 0.500. The van der Waals surface area contributed by atoms with Crippen molar-refractivity contribution >= 4 is 39.2 Å². The van der Waals surface area contributed by atoms with Gasteiger partial charge in [-0.2, -0.15) is 11.8 Å². The summed E-state index contributed by atoms with van der Waals surface area (Å²) < 4.78 is 26.1. The summed E-state index contributed by atoms with van der Waals surface area (Å²) in [7, 11) is -3.18. The van der Waals surface area contributed by atoms with Crippen molar-refractivity contribution in [3.05, 3.63) is 24.3 Å². The lowest BCUT2D eigenvalue weighted by atomic mass is 10.3. The van der Waals surface area contributed by atoms with Crippen LogP contribution >= 0.6 is 23.5 Å². The second-order valence-electron chi connectivity index (χ2n) is 4.13. The van der Waals surface area contributed by atoms with Crippen molar-refractivity contribution in [3.63, 3.8) is 0 Å². The van der Waals surface area contributed by atoms with Crippen LogP contribution in [0.3, 0.4) is 0 Å². The zero-order valence-corrected chi connectivity index (χ0v) is 13.6. The normalized spacial score (nSPS) is 13.4. The average Bonchev–Trinajstić information content (AvgIpc) is 2.36. The monoisotopic (exact) mass is 320 g/mol. The maximum atomic E-state index is 11.7. The molecule has 0 aliphatic heterocycles. The van der Waals surface area contributed by atoms with Crippen LogP contribution in [0.15, 0.2) is 29.2 Å². The fourth-order valence-electron chi connectivity index (χ4n) is 1.27. The van der Waals surface area contributed by atoms with E-state index in [0.717, 1.165) is 4.90 Å². The lowest BCUT2D eigenvalue weighted by Gasteiger charge is -2.10. The highest BCUT2D eigenvalue weighted by Gasteiger charge is 2.11. The highest BCUT2D eigenvalue weighted by atomic mass is 32.2. The quantitative estimate of drug-likeness (QED) is 0.566. The zero-order chi connectivity index (χ0) is 14.3. The maximum Gasteiger partial charge on any atom is 0.212 e. The zero-order valence-electron chi connectivity index (χ0n) is 11.1. The molecule has 1 aromatic rings. The minimum absolute atomic E-state index is 0.119. The smallest absolute Gasteiger partial charge is 0.212 e. The number of nitrogen functional groups attached to an aromatic ring is 1. The van der Waals surface area contributed by atoms with Gasteiger partial charge in [-0.1, -0.05) is 13.0 Å². The molecule has 0 saturated heterocycles. The third-order valence-corrected chi connectivity index (χ3v) is 6.05. The molecule has 0 aromatic heterocycles. The molecule has 4 nitrogen and oxygen atoms in total. The van der Waals surface area contributed by atoms with Gasteiger partial charge in [-0.25, -0.2) is 13.1 Å². The summed E-state index contributed by atoms with van der Waals surface area (Å²) in [6.45, 7) is 2.47. The van der Waals surface area contributed by atoms with E-state index in [0.29, 0.717) is 18.0 Å². The molecule has 0 amide bonds. The maximum absolute atomic E-state index is 11.7. The number of anilines is 1. The molecule has 0 spiro atoms. The summed E-state index contributed by atoms with van der Waals surface area (Å²) in [5.41, 5.74) is 6.36. The molecule has 1 aromatic carbocycles. The molecule has 3 N–H and O–H groups in total. The highest BCUT2D eigenvalue weighted by molar-refractivity contribution is 8.00. The van der Waals surface area contributed by atoms with Crippen molar-refractivity contribution in [2.75, 3.05) is 30.0 Å². The van der Waals surface area contributed by atoms with Gasteiger partial charge in [0.05, 0.1) is 5.75 Å². The van der Waals surface area contributed by atoms with Crippen molar-refractivity contribution in [2.24, 2.45) is 0 Å². The third-order valence-electron chi connectivity index (χ3n) is 2.47. The molecule has 1 unspecified atom stereocenters. The standard InChI is InChI=1S/C12H20N2O2S3/c1-10(17-2)9-14-19(15,16)7-6-18-12-5-3-4-11(13)8-12/h3-5,8,10,14H,6-7,9,13H2,1-2H3. The summed E-state index contributed by atoms with van der Waals surface area (Å²) in [5.74, 6) is 0.639. The number of benzene rings is 1. The van der Waals surface area contributed by atoms with E-state index in [2.05, 4.69) is 4.72 Å². The summed E-state index contributed by atoms with van der Waals surface area (Å²) in [6, 6.07) is 7.45. The lowest BCUT2D eigenvalue weighted by Crippen LogP contribution is -2.32. The Morgan fingerprint density at radius 1 is 1.42 bits per heavy atom. The van der Waals surface area contributed by atoms with Crippen LogP contribution in [0.25, 0.3) is 0 Å². The molecule has 1 atom stereocenters. The summed E-state index contributed by atoms with van der Waals surface area (Å²) in [5, 5.41) is 0.288. The Morgan fingerprint density at radius 2 is 2.16 bits per heavy atom. The number of sulfonamides is 1. The fourth-order valence-corrected chi connectivity index (χ4v) is 4.12. The first-order valence-electron chi connectivity index (χ1n) is 5.91. The topological polar surface area (TPSA) is 72.2 Å². The summed E-state index contributed by atoms with van der Waals surface area (Å²) in [6.07, 6.45) is 1.97. The largest absolute Gasteiger partial charge is 0.399 e. The Morgan fingerprint density at radius 3 is 2.79 bits per heavy atom. The minimum Gasteiger partial charge on any atom is -0.399 e. The molecular formula is C12H20N2O2S3. The van der Waals surface area contributed by atoms with Crippen LogP contribution in [0, 0.1) is 0 Å². The van der Waals surface area contributed by atoms with Gasteiger partial charge >= 0.3 is 0 Å². The molecule has 0 saturated carbocycles. The second-order valence-corrected chi connectivity index (χ2v) is 8.51. The van der Waals surface area contributed by atoms with Gasteiger partial charge in [-0.3, -0.25) is 0 Å². The van der Waals surface area contributed by atoms with Crippen molar-refractivity contribution in [1.29, 1.82) is 0 Å². The van der Waals surface area contributed by atoms with Gasteiger partial charge in [0.1, 0.15) is 0 Å². The molecular weight excluding hydrogens is 300 g/mol. The molecule has 108 valence electrons. The van der Waals surface area contributed by atoms with Crippen LogP contribution < -0.4 is 10.5 Å². The van der Waals surface area contributed by atoms with Gasteiger partial charge in [-0.05, 0) is 24.5 Å². The highest BCUT2D eigenvalue weighted by Crippen LogP contribution is 2.20. The molecule has 0 heterocycles. The molecule has 1 rings (SSSR count). The molecule has 19 heavy (non-hydrogen) atoms. The average molecular weight is 321 g/mol. The van der Waals surface area contributed by atoms with E-state index >= 15 is 0 Å². The van der Waals surface area contributed by atoms with E-state index in [9.17, 15) is 8.42 Å². The van der Waals surface area contributed by atoms with Crippen molar-refractivity contribution in [2.45, 2.75) is 17.1 Å². The van der Waals surface area contributed by atoms with E-state index in [1.165, 1.54) is 11.8 Å². The van der Waals surface area contributed by atoms with Crippen LogP contribution in [-0.4, -0.2) is 38.0 Å². The summed E-state index contributed by atoms with van der Waals surface area (Å²) in [4.78, 5) is 0.993. The van der Waals surface area contributed by atoms with Crippen molar-refractivity contribution in [1.82, 2.24) is 4.72 Å². The van der Waals surface area contributed by atoms with Crippen LogP contribution in [0.5, 0.6) is 0 Å². The van der Waals surface area contributed by atoms with E-state index in [4.69, 9.17) is 5.73 Å². The Hall–Kier alpha value is -0.370. The Bertz CT molecular complexity index is 492. The molecule has 0 bridgehead atoms. The van der Waals surface area contributed by atoms with Gasteiger partial charge < -0.3 is 5.73 Å². The van der Waals surface area contributed by atoms with Crippen LogP contribution in [0.1, 0.15) is 6.92 Å².